The molecule has 1 heterocycles. The summed E-state index contributed by atoms with van der Waals surface area (Å²) >= 11 is 0. The fraction of sp³-hybridized carbons (Fsp3) is 0.600. The molecule has 1 aliphatic heterocycles. The van der Waals surface area contributed by atoms with E-state index in [1.54, 1.807) is 0 Å². The average molecular weight is 250 g/mol. The van der Waals surface area contributed by atoms with Crippen LogP contribution >= 0.6 is 0 Å². The van der Waals surface area contributed by atoms with Gasteiger partial charge in [0, 0.05) is 12.5 Å². The Labute approximate surface area is 109 Å². The molecule has 1 saturated heterocycles. The van der Waals surface area contributed by atoms with Crippen LogP contribution in [0, 0.1) is 26.7 Å². The molecule has 0 saturated carbocycles. The molecule has 1 N–H and O–H groups in total. The summed E-state index contributed by atoms with van der Waals surface area (Å²) in [6.45, 7) is 7.91. The van der Waals surface area contributed by atoms with Crippen LogP contribution in [0.1, 0.15) is 23.1 Å². The van der Waals surface area contributed by atoms with Gasteiger partial charge in [-0.15, -0.1) is 0 Å². The third kappa shape index (κ3) is 2.85. The van der Waals surface area contributed by atoms with Crippen molar-refractivity contribution in [2.75, 3.05) is 19.8 Å². The van der Waals surface area contributed by atoms with Crippen LogP contribution in [0.3, 0.4) is 0 Å². The minimum absolute atomic E-state index is 0.218. The van der Waals surface area contributed by atoms with Gasteiger partial charge in [0.2, 0.25) is 0 Å². The standard InChI is InChI=1S/C15H22O3/c1-10-4-5-11(2)15(12(10)3)18-9-14(16)13-6-7-17-8-13/h4-5,13-14,16H,6-9H2,1-3H3. The highest BCUT2D eigenvalue weighted by atomic mass is 16.5. The Hall–Kier alpha value is -1.06. The van der Waals surface area contributed by atoms with Crippen molar-refractivity contribution < 1.29 is 14.6 Å². The molecule has 0 amide bonds. The topological polar surface area (TPSA) is 38.7 Å². The minimum atomic E-state index is -0.438. The van der Waals surface area contributed by atoms with E-state index in [0.717, 1.165) is 29.9 Å². The maximum atomic E-state index is 10.1. The van der Waals surface area contributed by atoms with Crippen LogP contribution in [0.5, 0.6) is 5.75 Å². The van der Waals surface area contributed by atoms with Gasteiger partial charge in [-0.2, -0.15) is 0 Å². The second kappa shape index (κ2) is 5.72. The van der Waals surface area contributed by atoms with Crippen molar-refractivity contribution in [2.45, 2.75) is 33.3 Å². The number of aliphatic hydroxyl groups is 1. The van der Waals surface area contributed by atoms with Gasteiger partial charge in [-0.1, -0.05) is 12.1 Å². The van der Waals surface area contributed by atoms with Crippen molar-refractivity contribution in [1.82, 2.24) is 0 Å². The molecular weight excluding hydrogens is 228 g/mol. The van der Waals surface area contributed by atoms with Crippen molar-refractivity contribution in [3.63, 3.8) is 0 Å². The van der Waals surface area contributed by atoms with Gasteiger partial charge in [-0.3, -0.25) is 0 Å². The summed E-state index contributed by atoms with van der Waals surface area (Å²) in [5.74, 6) is 1.13. The SMILES string of the molecule is Cc1ccc(C)c(OCC(O)C2CCOC2)c1C. The Bertz CT molecular complexity index is 408. The Kier molecular flexibility index (Phi) is 4.25. The molecule has 3 nitrogen and oxygen atoms in total. The van der Waals surface area contributed by atoms with E-state index in [-0.39, 0.29) is 5.92 Å². The van der Waals surface area contributed by atoms with Crippen LogP contribution in [-0.2, 0) is 4.74 Å². The molecule has 1 fully saturated rings. The van der Waals surface area contributed by atoms with Crippen LogP contribution in [0.15, 0.2) is 12.1 Å². The molecule has 3 heteroatoms. The summed E-state index contributed by atoms with van der Waals surface area (Å²) in [7, 11) is 0. The van der Waals surface area contributed by atoms with Crippen molar-refractivity contribution in [3.8, 4) is 5.75 Å². The molecule has 1 aromatic rings. The van der Waals surface area contributed by atoms with Gasteiger partial charge in [0.1, 0.15) is 12.4 Å². The Morgan fingerprint density at radius 2 is 2.06 bits per heavy atom. The van der Waals surface area contributed by atoms with Gasteiger partial charge in [0.05, 0.1) is 12.7 Å². The number of hydrogen-bond acceptors (Lipinski definition) is 3. The van der Waals surface area contributed by atoms with Crippen molar-refractivity contribution >= 4 is 0 Å². The first-order valence-corrected chi connectivity index (χ1v) is 6.55. The highest BCUT2D eigenvalue weighted by Gasteiger charge is 2.24. The Balaban J connectivity index is 1.99. The Morgan fingerprint density at radius 1 is 1.33 bits per heavy atom. The molecule has 2 atom stereocenters. The lowest BCUT2D eigenvalue weighted by Gasteiger charge is -2.19. The van der Waals surface area contributed by atoms with Gasteiger partial charge in [0.15, 0.2) is 0 Å². The molecule has 0 spiro atoms. The molecule has 100 valence electrons. The smallest absolute Gasteiger partial charge is 0.125 e. The van der Waals surface area contributed by atoms with E-state index in [4.69, 9.17) is 9.47 Å². The zero-order valence-corrected chi connectivity index (χ0v) is 11.4. The second-order valence-electron chi connectivity index (χ2n) is 5.16. The maximum absolute atomic E-state index is 10.1. The first-order valence-electron chi connectivity index (χ1n) is 6.55. The lowest BCUT2D eigenvalue weighted by molar-refractivity contribution is 0.0495. The zero-order chi connectivity index (χ0) is 13.1. The third-order valence-corrected chi connectivity index (χ3v) is 3.78. The second-order valence-corrected chi connectivity index (χ2v) is 5.16. The highest BCUT2D eigenvalue weighted by molar-refractivity contribution is 5.44. The van der Waals surface area contributed by atoms with Gasteiger partial charge >= 0.3 is 0 Å². The number of benzene rings is 1. The van der Waals surface area contributed by atoms with E-state index >= 15 is 0 Å². The molecular formula is C15H22O3. The van der Waals surface area contributed by atoms with Crippen molar-refractivity contribution in [3.05, 3.63) is 28.8 Å². The van der Waals surface area contributed by atoms with E-state index in [9.17, 15) is 5.11 Å². The van der Waals surface area contributed by atoms with Crippen molar-refractivity contribution in [2.24, 2.45) is 5.92 Å². The van der Waals surface area contributed by atoms with Crippen LogP contribution in [0.25, 0.3) is 0 Å². The van der Waals surface area contributed by atoms with Crippen molar-refractivity contribution in [1.29, 1.82) is 0 Å². The number of aryl methyl sites for hydroxylation is 2. The first-order chi connectivity index (χ1) is 8.59. The number of ether oxygens (including phenoxy) is 2. The molecule has 1 aliphatic rings. The molecule has 0 aliphatic carbocycles. The minimum Gasteiger partial charge on any atom is -0.490 e. The lowest BCUT2D eigenvalue weighted by Crippen LogP contribution is -2.27. The molecule has 0 aromatic heterocycles. The van der Waals surface area contributed by atoms with Gasteiger partial charge in [0.25, 0.3) is 0 Å². The molecule has 0 radical (unpaired) electrons. The monoisotopic (exact) mass is 250 g/mol. The van der Waals surface area contributed by atoms with Crippen LogP contribution in [-0.4, -0.2) is 31.0 Å². The predicted octanol–water partition coefficient (Wildman–Crippen LogP) is 2.39. The Morgan fingerprint density at radius 3 is 2.72 bits per heavy atom. The predicted molar refractivity (Wildman–Crippen MR) is 71.1 cm³/mol. The van der Waals surface area contributed by atoms with E-state index < -0.39 is 6.10 Å². The fourth-order valence-electron chi connectivity index (χ4n) is 2.31. The summed E-state index contributed by atoms with van der Waals surface area (Å²) in [6, 6.07) is 4.15. The quantitative estimate of drug-likeness (QED) is 0.891. The van der Waals surface area contributed by atoms with Crippen LogP contribution in [0.2, 0.25) is 0 Å². The normalized spacial score (nSPS) is 21.0. The lowest BCUT2D eigenvalue weighted by atomic mass is 10.0. The van der Waals surface area contributed by atoms with E-state index in [1.165, 1.54) is 5.56 Å². The summed E-state index contributed by atoms with van der Waals surface area (Å²) < 4.78 is 11.1. The van der Waals surface area contributed by atoms with Crippen LogP contribution in [0.4, 0.5) is 0 Å². The summed E-state index contributed by atoms with van der Waals surface area (Å²) in [5, 5.41) is 10.1. The average Bonchev–Trinajstić information content (AvgIpc) is 2.87. The highest BCUT2D eigenvalue weighted by Crippen LogP contribution is 2.26. The summed E-state index contributed by atoms with van der Waals surface area (Å²) in [5.41, 5.74) is 3.49. The molecule has 1 aromatic carbocycles. The number of aliphatic hydroxyl groups excluding tert-OH is 1. The van der Waals surface area contributed by atoms with Crippen LogP contribution < -0.4 is 4.74 Å². The number of rotatable bonds is 4. The van der Waals surface area contributed by atoms with E-state index in [1.807, 2.05) is 6.92 Å². The van der Waals surface area contributed by atoms with Gasteiger partial charge < -0.3 is 14.6 Å². The summed E-state index contributed by atoms with van der Waals surface area (Å²) in [6.07, 6.45) is 0.489. The maximum Gasteiger partial charge on any atom is 0.125 e. The molecule has 2 rings (SSSR count). The molecule has 18 heavy (non-hydrogen) atoms. The zero-order valence-electron chi connectivity index (χ0n) is 11.4. The third-order valence-electron chi connectivity index (χ3n) is 3.78. The fourth-order valence-corrected chi connectivity index (χ4v) is 2.31. The summed E-state index contributed by atoms with van der Waals surface area (Å²) in [4.78, 5) is 0. The molecule has 2 unspecified atom stereocenters. The van der Waals surface area contributed by atoms with E-state index in [2.05, 4.69) is 26.0 Å². The van der Waals surface area contributed by atoms with Gasteiger partial charge in [-0.25, -0.2) is 0 Å². The molecule has 0 bridgehead atoms. The van der Waals surface area contributed by atoms with Gasteiger partial charge in [-0.05, 0) is 43.9 Å². The largest absolute Gasteiger partial charge is 0.490 e. The number of hydrogen-bond donors (Lipinski definition) is 1. The first kappa shape index (κ1) is 13.4. The van der Waals surface area contributed by atoms with E-state index in [0.29, 0.717) is 13.2 Å².